The maximum Gasteiger partial charge on any atom is 0.251 e. The van der Waals surface area contributed by atoms with Crippen LogP contribution in [0.3, 0.4) is 0 Å². The summed E-state index contributed by atoms with van der Waals surface area (Å²) in [6.45, 7) is 3.59. The Labute approximate surface area is 108 Å². The molecule has 1 heterocycles. The van der Waals surface area contributed by atoms with Crippen LogP contribution in [0, 0.1) is 0 Å². The van der Waals surface area contributed by atoms with E-state index in [0.717, 1.165) is 30.9 Å². The van der Waals surface area contributed by atoms with Gasteiger partial charge in [0.15, 0.2) is 0 Å². The van der Waals surface area contributed by atoms with Gasteiger partial charge in [-0.2, -0.15) is 0 Å². The van der Waals surface area contributed by atoms with E-state index in [4.69, 9.17) is 0 Å². The zero-order valence-corrected chi connectivity index (χ0v) is 10.6. The van der Waals surface area contributed by atoms with Gasteiger partial charge in [0.25, 0.3) is 5.91 Å². The normalized spacial score (nSPS) is 15.5. The zero-order valence-electron chi connectivity index (χ0n) is 10.6. The molecule has 0 fully saturated rings. The highest BCUT2D eigenvalue weighted by Gasteiger charge is 2.18. The fourth-order valence-corrected chi connectivity index (χ4v) is 2.01. The minimum Gasteiger partial charge on any atom is -0.383 e. The van der Waals surface area contributed by atoms with Crippen LogP contribution < -0.4 is 10.2 Å². The lowest BCUT2D eigenvalue weighted by molar-refractivity contribution is -0.114. The number of benzene rings is 1. The molecule has 0 radical (unpaired) electrons. The summed E-state index contributed by atoms with van der Waals surface area (Å²) in [6.07, 6.45) is 8.12. The quantitative estimate of drug-likeness (QED) is 0.638. The summed E-state index contributed by atoms with van der Waals surface area (Å²) in [7, 11) is 0. The first-order chi connectivity index (χ1) is 8.83. The highest BCUT2D eigenvalue weighted by Crippen LogP contribution is 2.28. The van der Waals surface area contributed by atoms with Gasteiger partial charge >= 0.3 is 0 Å². The van der Waals surface area contributed by atoms with Gasteiger partial charge in [-0.1, -0.05) is 30.4 Å². The summed E-state index contributed by atoms with van der Waals surface area (Å²) < 4.78 is 0. The predicted octanol–water partition coefficient (Wildman–Crippen LogP) is 2.97. The smallest absolute Gasteiger partial charge is 0.251 e. The molecule has 1 aliphatic rings. The lowest BCUT2D eigenvalue weighted by Crippen LogP contribution is -2.29. The molecule has 2 rings (SSSR count). The first-order valence-electron chi connectivity index (χ1n) is 6.26. The van der Waals surface area contributed by atoms with Crippen LogP contribution in [0.1, 0.15) is 13.3 Å². The van der Waals surface area contributed by atoms with Gasteiger partial charge in [-0.25, -0.2) is 0 Å². The molecule has 1 N–H and O–H groups in total. The average molecular weight is 242 g/mol. The minimum atomic E-state index is 0.0317. The zero-order chi connectivity index (χ0) is 12.8. The van der Waals surface area contributed by atoms with E-state index in [9.17, 15) is 4.79 Å². The molecule has 1 aromatic carbocycles. The van der Waals surface area contributed by atoms with E-state index >= 15 is 0 Å². The van der Waals surface area contributed by atoms with Gasteiger partial charge in [-0.05, 0) is 25.5 Å². The van der Waals surface area contributed by atoms with Crippen LogP contribution in [-0.2, 0) is 4.79 Å². The number of para-hydroxylation sites is 2. The number of amides is 1. The Bertz CT molecular complexity index is 477. The van der Waals surface area contributed by atoms with E-state index < -0.39 is 0 Å². The van der Waals surface area contributed by atoms with Gasteiger partial charge in [0, 0.05) is 19.2 Å². The molecule has 0 unspecified atom stereocenters. The number of hydrogen-bond acceptors (Lipinski definition) is 2. The van der Waals surface area contributed by atoms with E-state index in [1.54, 1.807) is 12.2 Å². The number of hydrogen-bond donors (Lipinski definition) is 1. The van der Waals surface area contributed by atoms with Crippen molar-refractivity contribution in [2.45, 2.75) is 13.3 Å². The molecule has 1 aromatic rings. The van der Waals surface area contributed by atoms with Crippen LogP contribution >= 0.6 is 0 Å². The molecule has 0 spiro atoms. The number of carbonyl (C=O) groups excluding carboxylic acids is 1. The summed E-state index contributed by atoms with van der Waals surface area (Å²) in [6, 6.07) is 7.93. The van der Waals surface area contributed by atoms with Gasteiger partial charge in [-0.15, -0.1) is 0 Å². The molecule has 3 nitrogen and oxygen atoms in total. The van der Waals surface area contributed by atoms with E-state index in [0.29, 0.717) is 0 Å². The van der Waals surface area contributed by atoms with Crippen molar-refractivity contribution in [2.75, 3.05) is 23.3 Å². The van der Waals surface area contributed by atoms with Crippen molar-refractivity contribution in [3.05, 3.63) is 48.6 Å². The molecule has 1 aliphatic heterocycles. The maximum atomic E-state index is 12.2. The Morgan fingerprint density at radius 3 is 3.00 bits per heavy atom. The molecule has 0 atom stereocenters. The minimum absolute atomic E-state index is 0.0317. The van der Waals surface area contributed by atoms with Crippen LogP contribution in [0.15, 0.2) is 48.6 Å². The third-order valence-electron chi connectivity index (χ3n) is 2.88. The summed E-state index contributed by atoms with van der Waals surface area (Å²) >= 11 is 0. The van der Waals surface area contributed by atoms with Crippen molar-refractivity contribution in [3.8, 4) is 0 Å². The van der Waals surface area contributed by atoms with Crippen molar-refractivity contribution < 1.29 is 4.79 Å². The first-order valence-corrected chi connectivity index (χ1v) is 6.26. The predicted molar refractivity (Wildman–Crippen MR) is 75.9 cm³/mol. The third kappa shape index (κ3) is 2.80. The molecule has 18 heavy (non-hydrogen) atoms. The molecule has 1 amide bonds. The molecular formula is C15H18N2O. The molecule has 0 aliphatic carbocycles. The number of allylic oxidation sites excluding steroid dienone is 3. The first kappa shape index (κ1) is 12.4. The topological polar surface area (TPSA) is 32.3 Å². The fourth-order valence-electron chi connectivity index (χ4n) is 2.01. The molecule has 0 saturated heterocycles. The molecule has 0 saturated carbocycles. The van der Waals surface area contributed by atoms with Crippen LogP contribution in [0.4, 0.5) is 11.4 Å². The van der Waals surface area contributed by atoms with E-state index in [1.807, 2.05) is 48.2 Å². The third-order valence-corrected chi connectivity index (χ3v) is 2.88. The summed E-state index contributed by atoms with van der Waals surface area (Å²) in [4.78, 5) is 14.0. The average Bonchev–Trinajstić information content (AvgIpc) is 2.61. The van der Waals surface area contributed by atoms with Gasteiger partial charge in [0.05, 0.1) is 11.4 Å². The fraction of sp³-hybridized carbons (Fsp3) is 0.267. The van der Waals surface area contributed by atoms with Gasteiger partial charge < -0.3 is 10.2 Å². The number of nitrogens with zero attached hydrogens (tertiary/aromatic N) is 1. The molecule has 94 valence electrons. The van der Waals surface area contributed by atoms with Crippen molar-refractivity contribution >= 4 is 17.3 Å². The Morgan fingerprint density at radius 1 is 1.33 bits per heavy atom. The lowest BCUT2D eigenvalue weighted by Gasteiger charge is -2.20. The highest BCUT2D eigenvalue weighted by molar-refractivity contribution is 6.03. The van der Waals surface area contributed by atoms with Crippen molar-refractivity contribution in [1.29, 1.82) is 0 Å². The monoisotopic (exact) mass is 242 g/mol. The van der Waals surface area contributed by atoms with Gasteiger partial charge in [-0.3, -0.25) is 4.79 Å². The molecule has 0 bridgehead atoms. The number of nitrogens with one attached hydrogen (secondary N) is 1. The second-order valence-electron chi connectivity index (χ2n) is 4.17. The Morgan fingerprint density at radius 2 is 2.17 bits per heavy atom. The summed E-state index contributed by atoms with van der Waals surface area (Å²) in [5, 5.41) is 3.35. The van der Waals surface area contributed by atoms with Crippen LogP contribution in [-0.4, -0.2) is 19.0 Å². The van der Waals surface area contributed by atoms with Crippen LogP contribution in [0.25, 0.3) is 0 Å². The second-order valence-corrected chi connectivity index (χ2v) is 4.17. The molecule has 3 heteroatoms. The SMILES string of the molecule is CC=CC=CC(=O)N1CCCNc2ccccc21. The number of rotatable bonds is 2. The second kappa shape index (κ2) is 6.05. The van der Waals surface area contributed by atoms with Crippen LogP contribution in [0.2, 0.25) is 0 Å². The lowest BCUT2D eigenvalue weighted by atomic mass is 10.2. The highest BCUT2D eigenvalue weighted by atomic mass is 16.2. The Kier molecular flexibility index (Phi) is 4.18. The van der Waals surface area contributed by atoms with Gasteiger partial charge in [0.2, 0.25) is 0 Å². The van der Waals surface area contributed by atoms with E-state index in [-0.39, 0.29) is 5.91 Å². The number of anilines is 2. The number of fused-ring (bicyclic) bond motifs is 1. The standard InChI is InChI=1S/C15H18N2O/c1-2-3-4-10-15(18)17-12-7-11-16-13-8-5-6-9-14(13)17/h2-6,8-10,16H,7,11-12H2,1H3. The Balaban J connectivity index is 2.25. The maximum absolute atomic E-state index is 12.2. The van der Waals surface area contributed by atoms with Crippen molar-refractivity contribution in [2.24, 2.45) is 0 Å². The van der Waals surface area contributed by atoms with Crippen molar-refractivity contribution in [1.82, 2.24) is 0 Å². The largest absolute Gasteiger partial charge is 0.383 e. The Hall–Kier alpha value is -2.03. The van der Waals surface area contributed by atoms with Crippen LogP contribution in [0.5, 0.6) is 0 Å². The molecular weight excluding hydrogens is 224 g/mol. The van der Waals surface area contributed by atoms with E-state index in [2.05, 4.69) is 5.32 Å². The van der Waals surface area contributed by atoms with E-state index in [1.165, 1.54) is 0 Å². The molecule has 0 aromatic heterocycles. The summed E-state index contributed by atoms with van der Waals surface area (Å²) in [5.41, 5.74) is 1.99. The number of carbonyl (C=O) groups is 1. The van der Waals surface area contributed by atoms with Gasteiger partial charge in [0.1, 0.15) is 0 Å². The summed E-state index contributed by atoms with van der Waals surface area (Å²) in [5.74, 6) is 0.0317. The van der Waals surface area contributed by atoms with Crippen molar-refractivity contribution in [3.63, 3.8) is 0 Å².